The van der Waals surface area contributed by atoms with Crippen LogP contribution in [-0.4, -0.2) is 36.0 Å². The highest BCUT2D eigenvalue weighted by atomic mass is 35.5. The Balaban J connectivity index is 1.58. The van der Waals surface area contributed by atoms with Crippen molar-refractivity contribution in [2.24, 2.45) is 0 Å². The third kappa shape index (κ3) is 4.00. The van der Waals surface area contributed by atoms with Crippen molar-refractivity contribution in [3.63, 3.8) is 0 Å². The number of carbonyl (C=O) groups is 1. The van der Waals surface area contributed by atoms with E-state index in [9.17, 15) is 9.18 Å². The zero-order valence-electron chi connectivity index (χ0n) is 16.7. The minimum Gasteiger partial charge on any atom is -0.379 e. The molecule has 4 rings (SSSR count). The van der Waals surface area contributed by atoms with Crippen LogP contribution in [0.4, 0.5) is 15.8 Å². The maximum atomic E-state index is 13.2. The topological polar surface area (TPSA) is 77.5 Å². The lowest BCUT2D eigenvalue weighted by Crippen LogP contribution is -2.63. The normalized spacial score (nSPS) is 24.5. The van der Waals surface area contributed by atoms with E-state index in [4.69, 9.17) is 21.7 Å². The third-order valence-electron chi connectivity index (χ3n) is 5.63. The van der Waals surface area contributed by atoms with Gasteiger partial charge in [-0.15, -0.1) is 0 Å². The molecule has 0 spiro atoms. The highest BCUT2D eigenvalue weighted by molar-refractivity contribution is 6.34. The zero-order chi connectivity index (χ0) is 21.3. The summed E-state index contributed by atoms with van der Waals surface area (Å²) in [7, 11) is 0. The Morgan fingerprint density at radius 3 is 2.73 bits per heavy atom. The summed E-state index contributed by atoms with van der Waals surface area (Å²) in [6.07, 6.45) is 1.87. The van der Waals surface area contributed by atoms with Gasteiger partial charge < -0.3 is 15.4 Å². The van der Waals surface area contributed by atoms with Crippen molar-refractivity contribution < 1.29 is 13.9 Å². The number of carbonyl (C=O) groups excluding carboxylic acids is 1. The summed E-state index contributed by atoms with van der Waals surface area (Å²) in [5.41, 5.74) is 1.24. The van der Waals surface area contributed by atoms with E-state index in [0.717, 1.165) is 12.8 Å². The van der Waals surface area contributed by atoms with Gasteiger partial charge >= 0.3 is 0 Å². The van der Waals surface area contributed by atoms with Crippen LogP contribution in [-0.2, 0) is 15.1 Å². The van der Waals surface area contributed by atoms with E-state index in [-0.39, 0.29) is 30.1 Å². The second kappa shape index (κ2) is 8.24. The van der Waals surface area contributed by atoms with Gasteiger partial charge in [-0.2, -0.15) is 0 Å². The van der Waals surface area contributed by atoms with E-state index in [1.54, 1.807) is 12.1 Å². The monoisotopic (exact) mass is 430 g/mol. The molecule has 0 radical (unpaired) electrons. The number of nitrogens with one attached hydrogen (secondary N) is 3. The number of amides is 1. The summed E-state index contributed by atoms with van der Waals surface area (Å²) in [5, 5.41) is 15.3. The van der Waals surface area contributed by atoms with E-state index in [1.165, 1.54) is 17.0 Å². The Morgan fingerprint density at radius 2 is 2.07 bits per heavy atom. The molecule has 2 aromatic rings. The summed E-state index contributed by atoms with van der Waals surface area (Å²) in [5.74, 6) is -0.369. The molecule has 2 aliphatic heterocycles. The van der Waals surface area contributed by atoms with E-state index in [1.807, 2.05) is 25.1 Å². The maximum Gasteiger partial charge on any atom is 0.232 e. The van der Waals surface area contributed by atoms with Crippen LogP contribution in [0.15, 0.2) is 42.5 Å². The summed E-state index contributed by atoms with van der Waals surface area (Å²) >= 11 is 6.70. The van der Waals surface area contributed by atoms with Gasteiger partial charge in [0.2, 0.25) is 5.91 Å². The average Bonchev–Trinajstić information content (AvgIpc) is 2.71. The van der Waals surface area contributed by atoms with Gasteiger partial charge in [-0.25, -0.2) is 4.39 Å². The predicted octanol–water partition coefficient (Wildman–Crippen LogP) is 4.37. The van der Waals surface area contributed by atoms with Crippen LogP contribution in [0.2, 0.25) is 5.02 Å². The first-order chi connectivity index (χ1) is 14.4. The molecule has 2 atom stereocenters. The molecule has 0 bridgehead atoms. The fraction of sp³-hybridized carbons (Fsp3) is 0.364. The van der Waals surface area contributed by atoms with Crippen molar-refractivity contribution >= 4 is 34.8 Å². The Morgan fingerprint density at radius 1 is 1.30 bits per heavy atom. The third-order valence-corrected chi connectivity index (χ3v) is 6.03. The van der Waals surface area contributed by atoms with Crippen molar-refractivity contribution in [1.29, 1.82) is 5.41 Å². The SMILES string of the molecule is C[C@@]1(c2cccc(Nc3ccc(F)cc3)c2Cl)CC(=O)N([C@@H]2CCCOC2)C(=N)N1. The fourth-order valence-corrected chi connectivity index (χ4v) is 4.48. The van der Waals surface area contributed by atoms with Gasteiger partial charge in [-0.3, -0.25) is 15.1 Å². The molecule has 2 aromatic carbocycles. The minimum absolute atomic E-state index is 0.0669. The van der Waals surface area contributed by atoms with Gasteiger partial charge in [0.25, 0.3) is 0 Å². The van der Waals surface area contributed by atoms with Crippen LogP contribution in [0.25, 0.3) is 0 Å². The number of halogens is 2. The minimum atomic E-state index is -0.822. The Hall–Kier alpha value is -2.64. The number of benzene rings is 2. The summed E-state index contributed by atoms with van der Waals surface area (Å²) in [6.45, 7) is 3.02. The summed E-state index contributed by atoms with van der Waals surface area (Å²) in [6, 6.07) is 11.4. The van der Waals surface area contributed by atoms with Gasteiger partial charge in [0, 0.05) is 12.3 Å². The quantitative estimate of drug-likeness (QED) is 0.673. The molecule has 8 heteroatoms. The smallest absolute Gasteiger partial charge is 0.232 e. The molecule has 2 heterocycles. The van der Waals surface area contributed by atoms with Gasteiger partial charge in [-0.05, 0) is 55.7 Å². The molecule has 2 aliphatic rings. The first kappa shape index (κ1) is 20.6. The predicted molar refractivity (Wildman–Crippen MR) is 115 cm³/mol. The Labute approximate surface area is 179 Å². The first-order valence-corrected chi connectivity index (χ1v) is 10.3. The molecule has 0 unspecified atom stereocenters. The highest BCUT2D eigenvalue weighted by Gasteiger charge is 2.43. The van der Waals surface area contributed by atoms with Gasteiger partial charge in [-0.1, -0.05) is 23.7 Å². The second-order valence-electron chi connectivity index (χ2n) is 7.92. The first-order valence-electron chi connectivity index (χ1n) is 9.95. The van der Waals surface area contributed by atoms with Crippen LogP contribution >= 0.6 is 11.6 Å². The number of guanidine groups is 1. The van der Waals surface area contributed by atoms with Crippen molar-refractivity contribution in [1.82, 2.24) is 10.2 Å². The molecule has 0 aromatic heterocycles. The molecule has 6 nitrogen and oxygen atoms in total. The van der Waals surface area contributed by atoms with E-state index >= 15 is 0 Å². The van der Waals surface area contributed by atoms with Crippen molar-refractivity contribution in [3.8, 4) is 0 Å². The van der Waals surface area contributed by atoms with Crippen LogP contribution < -0.4 is 10.6 Å². The summed E-state index contributed by atoms with van der Waals surface area (Å²) in [4.78, 5) is 14.5. The van der Waals surface area contributed by atoms with Gasteiger partial charge in [0.1, 0.15) is 5.82 Å². The zero-order valence-corrected chi connectivity index (χ0v) is 17.4. The molecule has 30 heavy (non-hydrogen) atoms. The molecular formula is C22H24ClFN4O2. The van der Waals surface area contributed by atoms with Crippen LogP contribution in [0.1, 0.15) is 31.7 Å². The van der Waals surface area contributed by atoms with Gasteiger partial charge in [0.05, 0.1) is 35.3 Å². The second-order valence-corrected chi connectivity index (χ2v) is 8.29. The van der Waals surface area contributed by atoms with Crippen molar-refractivity contribution in [3.05, 3.63) is 58.9 Å². The number of hydrogen-bond acceptors (Lipinski definition) is 4. The number of hydrogen-bond donors (Lipinski definition) is 3. The Kier molecular flexibility index (Phi) is 5.66. The average molecular weight is 431 g/mol. The van der Waals surface area contributed by atoms with Crippen LogP contribution in [0.3, 0.4) is 0 Å². The molecular weight excluding hydrogens is 407 g/mol. The number of rotatable bonds is 4. The van der Waals surface area contributed by atoms with Crippen LogP contribution in [0, 0.1) is 11.2 Å². The van der Waals surface area contributed by atoms with E-state index in [2.05, 4.69) is 10.6 Å². The molecule has 0 saturated carbocycles. The van der Waals surface area contributed by atoms with Crippen molar-refractivity contribution in [2.45, 2.75) is 37.8 Å². The number of ether oxygens (including phenoxy) is 1. The number of nitrogens with zero attached hydrogens (tertiary/aromatic N) is 1. The molecule has 2 saturated heterocycles. The maximum absolute atomic E-state index is 13.2. The van der Waals surface area contributed by atoms with Crippen molar-refractivity contribution in [2.75, 3.05) is 18.5 Å². The largest absolute Gasteiger partial charge is 0.379 e. The lowest BCUT2D eigenvalue weighted by molar-refractivity contribution is -0.134. The lowest BCUT2D eigenvalue weighted by atomic mass is 9.85. The van der Waals surface area contributed by atoms with E-state index in [0.29, 0.717) is 35.2 Å². The standard InChI is InChI=1S/C22H24ClFN4O2/c1-22(12-19(29)28(21(25)27-22)16-4-3-11-30-13-16)17-5-2-6-18(20(17)23)26-15-9-7-14(24)8-10-15/h2,5-10,16,26H,3-4,11-13H2,1H3,(H2,25,27)/t16-,22+/m1/s1. The van der Waals surface area contributed by atoms with Gasteiger partial charge in [0.15, 0.2) is 5.96 Å². The molecule has 0 aliphatic carbocycles. The summed E-state index contributed by atoms with van der Waals surface area (Å²) < 4.78 is 18.7. The lowest BCUT2D eigenvalue weighted by Gasteiger charge is -2.44. The molecule has 1 amide bonds. The fourth-order valence-electron chi connectivity index (χ4n) is 4.10. The molecule has 158 valence electrons. The molecule has 2 fully saturated rings. The molecule has 3 N–H and O–H groups in total. The Bertz CT molecular complexity index is 942. The highest BCUT2D eigenvalue weighted by Crippen LogP contribution is 2.39. The number of anilines is 2. The van der Waals surface area contributed by atoms with Crippen LogP contribution in [0.5, 0.6) is 0 Å². The van der Waals surface area contributed by atoms with E-state index < -0.39 is 5.54 Å².